The quantitative estimate of drug-likeness (QED) is 0.921. The summed E-state index contributed by atoms with van der Waals surface area (Å²) in [5, 5.41) is 8.90. The average molecular weight is 311 g/mol. The van der Waals surface area contributed by atoms with Gasteiger partial charge in [0.1, 0.15) is 5.75 Å². The number of benzene rings is 2. The minimum atomic E-state index is -0.484. The van der Waals surface area contributed by atoms with E-state index < -0.39 is 5.82 Å². The van der Waals surface area contributed by atoms with Gasteiger partial charge in [0.05, 0.1) is 6.61 Å². The Hall–Kier alpha value is -1.39. The first-order chi connectivity index (χ1) is 8.60. The van der Waals surface area contributed by atoms with Crippen molar-refractivity contribution in [2.75, 3.05) is 0 Å². The van der Waals surface area contributed by atoms with Crippen LogP contribution in [0.15, 0.2) is 40.9 Å². The van der Waals surface area contributed by atoms with Crippen molar-refractivity contribution in [1.29, 1.82) is 0 Å². The molecule has 0 aliphatic rings. The second-order valence-corrected chi connectivity index (χ2v) is 4.79. The predicted molar refractivity (Wildman–Crippen MR) is 71.3 cm³/mol. The van der Waals surface area contributed by atoms with E-state index in [1.165, 1.54) is 12.1 Å². The highest BCUT2D eigenvalue weighted by molar-refractivity contribution is 9.10. The van der Waals surface area contributed by atoms with Crippen molar-refractivity contribution in [3.05, 3.63) is 57.8 Å². The van der Waals surface area contributed by atoms with Crippen molar-refractivity contribution >= 4 is 15.9 Å². The van der Waals surface area contributed by atoms with Crippen LogP contribution in [0, 0.1) is 12.7 Å². The number of halogens is 2. The Labute approximate surface area is 113 Å². The monoisotopic (exact) mass is 310 g/mol. The summed E-state index contributed by atoms with van der Waals surface area (Å²) in [4.78, 5) is 0. The third-order valence-electron chi connectivity index (χ3n) is 2.54. The van der Waals surface area contributed by atoms with Crippen LogP contribution in [0.1, 0.15) is 11.1 Å². The highest BCUT2D eigenvalue weighted by Crippen LogP contribution is 2.28. The molecule has 0 atom stereocenters. The minimum absolute atomic E-state index is 0.147. The van der Waals surface area contributed by atoms with E-state index in [-0.39, 0.29) is 12.4 Å². The van der Waals surface area contributed by atoms with Gasteiger partial charge in [0.25, 0.3) is 0 Å². The second-order valence-electron chi connectivity index (χ2n) is 3.94. The van der Waals surface area contributed by atoms with Crippen LogP contribution in [-0.2, 0) is 6.61 Å². The van der Waals surface area contributed by atoms with E-state index in [1.807, 2.05) is 19.1 Å². The molecule has 0 aromatic heterocycles. The van der Waals surface area contributed by atoms with Gasteiger partial charge in [-0.25, -0.2) is 4.39 Å². The summed E-state index contributed by atoms with van der Waals surface area (Å²) in [5.74, 6) is 0.238. The summed E-state index contributed by atoms with van der Waals surface area (Å²) in [5.41, 5.74) is 1.53. The topological polar surface area (TPSA) is 29.5 Å². The summed E-state index contributed by atoms with van der Waals surface area (Å²) in [6.45, 7) is 1.75. The Bertz CT molecular complexity index is 570. The van der Waals surface area contributed by atoms with Crippen LogP contribution in [0.2, 0.25) is 0 Å². The molecule has 0 spiro atoms. The minimum Gasteiger partial charge on any atom is -0.454 e. The summed E-state index contributed by atoms with van der Waals surface area (Å²) in [6.07, 6.45) is 0. The Kier molecular flexibility index (Phi) is 3.99. The first-order valence-corrected chi connectivity index (χ1v) is 6.23. The SMILES string of the molecule is Cc1cc(Oc2ccc(CO)cc2F)ccc1Br. The number of rotatable bonds is 3. The van der Waals surface area contributed by atoms with Gasteiger partial charge in [-0.2, -0.15) is 0 Å². The van der Waals surface area contributed by atoms with Crippen LogP contribution < -0.4 is 4.74 Å². The lowest BCUT2D eigenvalue weighted by Gasteiger charge is -2.09. The zero-order valence-electron chi connectivity index (χ0n) is 9.78. The highest BCUT2D eigenvalue weighted by atomic mass is 79.9. The molecule has 0 saturated carbocycles. The van der Waals surface area contributed by atoms with E-state index in [2.05, 4.69) is 15.9 Å². The van der Waals surface area contributed by atoms with Crippen LogP contribution in [0.5, 0.6) is 11.5 Å². The highest BCUT2D eigenvalue weighted by Gasteiger charge is 2.06. The Morgan fingerprint density at radius 2 is 2.00 bits per heavy atom. The molecule has 0 heterocycles. The van der Waals surface area contributed by atoms with Crippen molar-refractivity contribution in [3.63, 3.8) is 0 Å². The van der Waals surface area contributed by atoms with Gasteiger partial charge >= 0.3 is 0 Å². The van der Waals surface area contributed by atoms with Crippen LogP contribution in [0.25, 0.3) is 0 Å². The molecule has 0 fully saturated rings. The molecule has 2 aromatic rings. The average Bonchev–Trinajstić information content (AvgIpc) is 2.36. The number of aryl methyl sites for hydroxylation is 1. The van der Waals surface area contributed by atoms with E-state index in [1.54, 1.807) is 12.1 Å². The van der Waals surface area contributed by atoms with Gasteiger partial charge in [0.2, 0.25) is 0 Å². The Morgan fingerprint density at radius 3 is 2.61 bits per heavy atom. The van der Waals surface area contributed by atoms with Gasteiger partial charge in [-0.15, -0.1) is 0 Å². The standard InChI is InChI=1S/C14H12BrFO2/c1-9-6-11(3-4-12(9)15)18-14-5-2-10(8-17)7-13(14)16/h2-7,17H,8H2,1H3. The Morgan fingerprint density at radius 1 is 1.22 bits per heavy atom. The van der Waals surface area contributed by atoms with Crippen LogP contribution in [0.4, 0.5) is 4.39 Å². The number of ether oxygens (including phenoxy) is 1. The van der Waals surface area contributed by atoms with Crippen LogP contribution in [-0.4, -0.2) is 5.11 Å². The normalized spacial score (nSPS) is 10.4. The molecule has 1 N–H and O–H groups in total. The third kappa shape index (κ3) is 2.89. The first kappa shape index (κ1) is 13.1. The zero-order chi connectivity index (χ0) is 13.1. The summed E-state index contributed by atoms with van der Waals surface area (Å²) in [6, 6.07) is 9.84. The first-order valence-electron chi connectivity index (χ1n) is 5.43. The molecule has 0 aliphatic carbocycles. The molecule has 0 saturated heterocycles. The lowest BCUT2D eigenvalue weighted by atomic mass is 10.2. The van der Waals surface area contributed by atoms with Gasteiger partial charge in [-0.1, -0.05) is 22.0 Å². The molecule has 0 aliphatic heterocycles. The number of aliphatic hydroxyl groups is 1. The van der Waals surface area contributed by atoms with E-state index >= 15 is 0 Å². The van der Waals surface area contributed by atoms with Crippen molar-refractivity contribution in [2.45, 2.75) is 13.5 Å². The van der Waals surface area contributed by atoms with Crippen molar-refractivity contribution < 1.29 is 14.2 Å². The van der Waals surface area contributed by atoms with Gasteiger partial charge in [0.15, 0.2) is 11.6 Å². The number of hydrogen-bond acceptors (Lipinski definition) is 2. The van der Waals surface area contributed by atoms with Gasteiger partial charge < -0.3 is 9.84 Å². The molecular weight excluding hydrogens is 299 g/mol. The maximum atomic E-state index is 13.7. The maximum Gasteiger partial charge on any atom is 0.166 e. The molecule has 0 amide bonds. The molecule has 2 rings (SSSR count). The summed E-state index contributed by atoms with van der Waals surface area (Å²) in [7, 11) is 0. The third-order valence-corrected chi connectivity index (χ3v) is 3.43. The molecule has 2 nitrogen and oxygen atoms in total. The maximum absolute atomic E-state index is 13.7. The molecule has 0 bridgehead atoms. The fraction of sp³-hybridized carbons (Fsp3) is 0.143. The van der Waals surface area contributed by atoms with E-state index in [0.717, 1.165) is 10.0 Å². The largest absolute Gasteiger partial charge is 0.454 e. The van der Waals surface area contributed by atoms with Crippen molar-refractivity contribution in [1.82, 2.24) is 0 Å². The summed E-state index contributed by atoms with van der Waals surface area (Å²) >= 11 is 3.39. The molecule has 4 heteroatoms. The lowest BCUT2D eigenvalue weighted by Crippen LogP contribution is -1.91. The van der Waals surface area contributed by atoms with Crippen LogP contribution in [0.3, 0.4) is 0 Å². The molecule has 94 valence electrons. The lowest BCUT2D eigenvalue weighted by molar-refractivity contribution is 0.281. The van der Waals surface area contributed by atoms with E-state index in [9.17, 15) is 4.39 Å². The fourth-order valence-corrected chi connectivity index (χ4v) is 1.78. The second kappa shape index (κ2) is 5.50. The smallest absolute Gasteiger partial charge is 0.166 e. The Balaban J connectivity index is 2.25. The molecular formula is C14H12BrFO2. The molecule has 0 radical (unpaired) electrons. The number of aliphatic hydroxyl groups excluding tert-OH is 1. The van der Waals surface area contributed by atoms with E-state index in [4.69, 9.17) is 9.84 Å². The molecule has 18 heavy (non-hydrogen) atoms. The zero-order valence-corrected chi connectivity index (χ0v) is 11.4. The number of hydrogen-bond donors (Lipinski definition) is 1. The van der Waals surface area contributed by atoms with E-state index in [0.29, 0.717) is 11.3 Å². The molecule has 0 unspecified atom stereocenters. The van der Waals surface area contributed by atoms with Crippen molar-refractivity contribution in [3.8, 4) is 11.5 Å². The molecule has 2 aromatic carbocycles. The van der Waals surface area contributed by atoms with Gasteiger partial charge in [-0.05, 0) is 48.4 Å². The van der Waals surface area contributed by atoms with Crippen LogP contribution >= 0.6 is 15.9 Å². The van der Waals surface area contributed by atoms with Gasteiger partial charge in [0, 0.05) is 4.47 Å². The van der Waals surface area contributed by atoms with Gasteiger partial charge in [-0.3, -0.25) is 0 Å². The summed E-state index contributed by atoms with van der Waals surface area (Å²) < 4.78 is 20.1. The van der Waals surface area contributed by atoms with Crippen molar-refractivity contribution in [2.24, 2.45) is 0 Å². The fourth-order valence-electron chi connectivity index (χ4n) is 1.53. The predicted octanol–water partition coefficient (Wildman–Crippen LogP) is 4.18.